The van der Waals surface area contributed by atoms with Crippen molar-refractivity contribution in [3.05, 3.63) is 89.6 Å². The zero-order valence-corrected chi connectivity index (χ0v) is 23.5. The van der Waals surface area contributed by atoms with E-state index in [9.17, 15) is 9.59 Å². The summed E-state index contributed by atoms with van der Waals surface area (Å²) in [5.41, 5.74) is 4.81. The number of nitrogens with zero attached hydrogens (tertiary/aromatic N) is 2. The fourth-order valence-corrected chi connectivity index (χ4v) is 5.67. The van der Waals surface area contributed by atoms with Crippen LogP contribution in [0.1, 0.15) is 60.0 Å². The summed E-state index contributed by atoms with van der Waals surface area (Å²) in [6.45, 7) is 2.46. The van der Waals surface area contributed by atoms with Crippen LogP contribution in [0.4, 0.5) is 5.82 Å². The normalized spacial score (nSPS) is 14.0. The van der Waals surface area contributed by atoms with Gasteiger partial charge in [-0.1, -0.05) is 56.0 Å². The highest BCUT2D eigenvalue weighted by atomic mass is 16.5. The number of aryl methyl sites for hydroxylation is 1. The highest BCUT2D eigenvalue weighted by Crippen LogP contribution is 2.32. The Kier molecular flexibility index (Phi) is 8.44. The number of hydrogen-bond acceptors (Lipinski definition) is 5. The second-order valence-corrected chi connectivity index (χ2v) is 10.6. The summed E-state index contributed by atoms with van der Waals surface area (Å²) in [7, 11) is 3.06. The minimum atomic E-state index is -0.390. The van der Waals surface area contributed by atoms with E-state index in [2.05, 4.69) is 36.4 Å². The molecule has 1 aromatic heterocycles. The van der Waals surface area contributed by atoms with E-state index in [-0.39, 0.29) is 11.8 Å². The summed E-state index contributed by atoms with van der Waals surface area (Å²) < 4.78 is 10.3. The molecule has 1 amide bonds. The largest absolute Gasteiger partial charge is 0.496 e. The molecule has 1 fully saturated rings. The number of fused-ring (bicyclic) bond motifs is 1. The van der Waals surface area contributed by atoms with Gasteiger partial charge in [0.2, 0.25) is 5.91 Å². The average Bonchev–Trinajstić information content (AvgIpc) is 3.29. The van der Waals surface area contributed by atoms with Gasteiger partial charge >= 0.3 is 5.97 Å². The Bertz CT molecular complexity index is 1500. The van der Waals surface area contributed by atoms with Crippen molar-refractivity contribution in [2.24, 2.45) is 5.92 Å². The molecule has 1 saturated carbocycles. The van der Waals surface area contributed by atoms with Crippen LogP contribution >= 0.6 is 0 Å². The Balaban J connectivity index is 1.49. The summed E-state index contributed by atoms with van der Waals surface area (Å²) >= 11 is 0. The van der Waals surface area contributed by atoms with Crippen molar-refractivity contribution in [3.63, 3.8) is 0 Å². The smallest absolute Gasteiger partial charge is 0.337 e. The number of esters is 1. The van der Waals surface area contributed by atoms with Crippen molar-refractivity contribution in [3.8, 4) is 16.9 Å². The second kappa shape index (κ2) is 12.3. The number of hydrogen-bond donors (Lipinski definition) is 0. The summed E-state index contributed by atoms with van der Waals surface area (Å²) in [5, 5.41) is 1.68. The molecule has 0 aliphatic heterocycles. The van der Waals surface area contributed by atoms with Gasteiger partial charge in [-0.3, -0.25) is 9.69 Å². The van der Waals surface area contributed by atoms with Gasteiger partial charge in [0.1, 0.15) is 11.6 Å². The van der Waals surface area contributed by atoms with E-state index in [1.165, 1.54) is 20.0 Å². The number of methoxy groups -OCH3 is 2. The molecule has 40 heavy (non-hydrogen) atoms. The van der Waals surface area contributed by atoms with Crippen molar-refractivity contribution in [1.29, 1.82) is 0 Å². The zero-order chi connectivity index (χ0) is 28.1. The lowest BCUT2D eigenvalue weighted by Gasteiger charge is -2.27. The van der Waals surface area contributed by atoms with Crippen LogP contribution in [0, 0.1) is 12.8 Å². The molecule has 0 spiro atoms. The topological polar surface area (TPSA) is 68.7 Å². The molecule has 0 radical (unpaired) electrons. The first-order valence-electron chi connectivity index (χ1n) is 14.0. The van der Waals surface area contributed by atoms with Gasteiger partial charge in [0.25, 0.3) is 0 Å². The molecule has 206 valence electrons. The van der Waals surface area contributed by atoms with Gasteiger partial charge in [0, 0.05) is 17.5 Å². The summed E-state index contributed by atoms with van der Waals surface area (Å²) in [6.07, 6.45) is 8.03. The predicted octanol–water partition coefficient (Wildman–Crippen LogP) is 7.51. The van der Waals surface area contributed by atoms with E-state index < -0.39 is 5.97 Å². The zero-order valence-electron chi connectivity index (χ0n) is 23.5. The molecule has 1 aliphatic rings. The molecule has 5 rings (SSSR count). The Morgan fingerprint density at radius 1 is 0.875 bits per heavy atom. The Morgan fingerprint density at radius 2 is 1.60 bits per heavy atom. The number of carbonyl (C=O) groups excluding carboxylic acids is 2. The van der Waals surface area contributed by atoms with E-state index in [0.29, 0.717) is 17.9 Å². The number of ether oxygens (including phenoxy) is 2. The fraction of sp³-hybridized carbons (Fsp3) is 0.324. The van der Waals surface area contributed by atoms with Crippen LogP contribution in [-0.4, -0.2) is 31.1 Å². The average molecular weight is 537 g/mol. The predicted molar refractivity (Wildman–Crippen MR) is 159 cm³/mol. The third-order valence-corrected chi connectivity index (χ3v) is 7.91. The lowest BCUT2D eigenvalue weighted by atomic mass is 9.97. The van der Waals surface area contributed by atoms with E-state index in [1.54, 1.807) is 25.4 Å². The first-order chi connectivity index (χ1) is 19.5. The quantitative estimate of drug-likeness (QED) is 0.181. The van der Waals surface area contributed by atoms with Crippen LogP contribution in [0.2, 0.25) is 0 Å². The minimum absolute atomic E-state index is 0.0181. The van der Waals surface area contributed by atoms with Crippen LogP contribution in [0.3, 0.4) is 0 Å². The number of rotatable bonds is 7. The SMILES string of the molecule is COC(=O)c1ccc2c(N(Cc3ccc(-c4ccc(OC)c(C)c4)cc3)C(=O)C3CCCCCC3)nccc2c1. The number of benzene rings is 3. The van der Waals surface area contributed by atoms with Crippen LogP contribution in [0.5, 0.6) is 5.75 Å². The van der Waals surface area contributed by atoms with Gasteiger partial charge in [0.05, 0.1) is 26.3 Å². The van der Waals surface area contributed by atoms with Crippen LogP contribution < -0.4 is 9.64 Å². The third-order valence-electron chi connectivity index (χ3n) is 7.91. The number of anilines is 1. The van der Waals surface area contributed by atoms with E-state index in [1.807, 2.05) is 30.0 Å². The highest BCUT2D eigenvalue weighted by molar-refractivity contribution is 6.04. The monoisotopic (exact) mass is 536 g/mol. The first-order valence-corrected chi connectivity index (χ1v) is 14.0. The molecule has 0 saturated heterocycles. The van der Waals surface area contributed by atoms with Crippen molar-refractivity contribution in [1.82, 2.24) is 4.98 Å². The lowest BCUT2D eigenvalue weighted by molar-refractivity contribution is -0.122. The second-order valence-electron chi connectivity index (χ2n) is 10.6. The number of carbonyl (C=O) groups is 2. The van der Waals surface area contributed by atoms with Gasteiger partial charge < -0.3 is 9.47 Å². The lowest BCUT2D eigenvalue weighted by Crippen LogP contribution is -2.36. The van der Waals surface area contributed by atoms with Gasteiger partial charge in [-0.15, -0.1) is 0 Å². The van der Waals surface area contributed by atoms with Gasteiger partial charge in [0.15, 0.2) is 0 Å². The third kappa shape index (κ3) is 5.86. The number of amides is 1. The fourth-order valence-electron chi connectivity index (χ4n) is 5.67. The van der Waals surface area contributed by atoms with Crippen LogP contribution in [0.25, 0.3) is 21.9 Å². The Labute approximate surface area is 235 Å². The first kappa shape index (κ1) is 27.4. The van der Waals surface area contributed by atoms with E-state index >= 15 is 0 Å². The molecule has 1 heterocycles. The minimum Gasteiger partial charge on any atom is -0.496 e. The standard InChI is InChI=1S/C34H36N2O4/c1-23-20-27(15-17-31(23)39-2)25-12-10-24(11-13-25)22-36(33(37)26-8-6-4-5-7-9-26)32-30-16-14-29(34(38)40-3)21-28(30)18-19-35-32/h10-21,26H,4-9,22H2,1-3H3. The van der Waals surface area contributed by atoms with E-state index in [0.717, 1.165) is 64.5 Å². The van der Waals surface area contributed by atoms with Gasteiger partial charge in [-0.05, 0) is 83.8 Å². The molecular formula is C34H36N2O4. The van der Waals surface area contributed by atoms with Crippen molar-refractivity contribution in [2.75, 3.05) is 19.1 Å². The number of aromatic nitrogens is 1. The molecule has 6 nitrogen and oxygen atoms in total. The maximum Gasteiger partial charge on any atom is 0.337 e. The Morgan fingerprint density at radius 3 is 2.27 bits per heavy atom. The maximum absolute atomic E-state index is 14.1. The summed E-state index contributed by atoms with van der Waals surface area (Å²) in [5.74, 6) is 1.20. The molecule has 4 aromatic rings. The van der Waals surface area contributed by atoms with E-state index in [4.69, 9.17) is 14.5 Å². The Hall–Kier alpha value is -4.19. The maximum atomic E-state index is 14.1. The van der Waals surface area contributed by atoms with Crippen LogP contribution in [0.15, 0.2) is 72.9 Å². The summed E-state index contributed by atoms with van der Waals surface area (Å²) in [4.78, 5) is 32.8. The van der Waals surface area contributed by atoms with Crippen LogP contribution in [-0.2, 0) is 16.1 Å². The van der Waals surface area contributed by atoms with Gasteiger partial charge in [-0.2, -0.15) is 0 Å². The van der Waals surface area contributed by atoms with Crippen molar-refractivity contribution >= 4 is 28.5 Å². The molecule has 0 bridgehead atoms. The van der Waals surface area contributed by atoms with Crippen molar-refractivity contribution in [2.45, 2.75) is 52.0 Å². The molecule has 3 aromatic carbocycles. The molecule has 6 heteroatoms. The molecule has 0 N–H and O–H groups in total. The van der Waals surface area contributed by atoms with Gasteiger partial charge in [-0.25, -0.2) is 9.78 Å². The highest BCUT2D eigenvalue weighted by Gasteiger charge is 2.28. The molecule has 0 unspecified atom stereocenters. The molecule has 0 atom stereocenters. The molecule has 1 aliphatic carbocycles. The summed E-state index contributed by atoms with van der Waals surface area (Å²) in [6, 6.07) is 21.8. The molecular weight excluding hydrogens is 500 g/mol. The number of pyridine rings is 1. The van der Waals surface area contributed by atoms with Crippen molar-refractivity contribution < 1.29 is 19.1 Å².